The number of anilines is 1. The Bertz CT molecular complexity index is 430. The van der Waals surface area contributed by atoms with Crippen molar-refractivity contribution in [1.29, 1.82) is 0 Å². The number of nitrogens with two attached hydrogens (primary N) is 1. The number of aryl methyl sites for hydroxylation is 1. The Kier molecular flexibility index (Phi) is 2.89. The second-order valence-electron chi connectivity index (χ2n) is 5.39. The van der Waals surface area contributed by atoms with Crippen LogP contribution in [0.1, 0.15) is 44.1 Å². The molecule has 1 amide bonds. The van der Waals surface area contributed by atoms with Crippen LogP contribution in [0.4, 0.5) is 5.69 Å². The fourth-order valence-corrected chi connectivity index (χ4v) is 2.25. The molecule has 2 rings (SSSR count). The van der Waals surface area contributed by atoms with E-state index < -0.39 is 0 Å². The normalized spacial score (nSPS) is 15.9. The molecule has 1 aromatic heterocycles. The van der Waals surface area contributed by atoms with Gasteiger partial charge in [-0.15, -0.1) is 0 Å². The molecule has 1 heterocycles. The van der Waals surface area contributed by atoms with Crippen molar-refractivity contribution < 1.29 is 4.79 Å². The predicted molar refractivity (Wildman–Crippen MR) is 68.8 cm³/mol. The summed E-state index contributed by atoms with van der Waals surface area (Å²) >= 11 is 0. The van der Waals surface area contributed by atoms with Crippen LogP contribution < -0.4 is 11.1 Å². The molecule has 1 aromatic rings. The molecule has 17 heavy (non-hydrogen) atoms. The Morgan fingerprint density at radius 3 is 2.76 bits per heavy atom. The lowest BCUT2D eigenvalue weighted by Gasteiger charge is -2.26. The van der Waals surface area contributed by atoms with Crippen molar-refractivity contribution in [3.05, 3.63) is 18.0 Å². The van der Waals surface area contributed by atoms with E-state index >= 15 is 0 Å². The summed E-state index contributed by atoms with van der Waals surface area (Å²) in [6, 6.07) is 1.74. The molecule has 0 unspecified atom stereocenters. The second-order valence-corrected chi connectivity index (χ2v) is 5.39. The van der Waals surface area contributed by atoms with Crippen LogP contribution in [0, 0.1) is 5.92 Å². The van der Waals surface area contributed by atoms with Gasteiger partial charge >= 0.3 is 0 Å². The van der Waals surface area contributed by atoms with Crippen molar-refractivity contribution in [2.45, 2.75) is 45.7 Å². The van der Waals surface area contributed by atoms with Gasteiger partial charge in [-0.05, 0) is 45.6 Å². The van der Waals surface area contributed by atoms with E-state index in [-0.39, 0.29) is 11.4 Å². The number of rotatable bonds is 4. The molecule has 94 valence electrons. The molecule has 0 aliphatic heterocycles. The molecule has 1 fully saturated rings. The smallest absolute Gasteiger partial charge is 0.268 e. The predicted octanol–water partition coefficient (Wildman–Crippen LogP) is 2.01. The fraction of sp³-hybridized carbons (Fsp3) is 0.615. The molecular weight excluding hydrogens is 214 g/mol. The highest BCUT2D eigenvalue weighted by Gasteiger charge is 2.39. The number of carbonyl (C=O) groups excluding carboxylic acids is 1. The molecule has 1 aliphatic carbocycles. The third kappa shape index (κ3) is 2.46. The Morgan fingerprint density at radius 1 is 1.59 bits per heavy atom. The molecule has 0 radical (unpaired) electrons. The lowest BCUT2D eigenvalue weighted by atomic mass is 9.98. The summed E-state index contributed by atoms with van der Waals surface area (Å²) in [5.41, 5.74) is 6.90. The number of aromatic nitrogens is 1. The maximum absolute atomic E-state index is 12.2. The largest absolute Gasteiger partial charge is 0.397 e. The van der Waals surface area contributed by atoms with Gasteiger partial charge in [0.1, 0.15) is 5.69 Å². The quantitative estimate of drug-likeness (QED) is 0.838. The molecule has 0 atom stereocenters. The van der Waals surface area contributed by atoms with Gasteiger partial charge in [-0.25, -0.2) is 0 Å². The summed E-state index contributed by atoms with van der Waals surface area (Å²) in [4.78, 5) is 12.2. The van der Waals surface area contributed by atoms with E-state index in [0.29, 0.717) is 17.3 Å². The first-order valence-electron chi connectivity index (χ1n) is 6.22. The summed E-state index contributed by atoms with van der Waals surface area (Å²) < 4.78 is 1.88. The van der Waals surface area contributed by atoms with Crippen molar-refractivity contribution in [3.63, 3.8) is 0 Å². The standard InChI is InChI=1S/C13H21N3O/c1-4-16-8-10(14)7-11(16)12(17)15-13(2,3)9-5-6-9/h7-9H,4-6,14H2,1-3H3,(H,15,17). The van der Waals surface area contributed by atoms with E-state index in [1.807, 2.05) is 11.5 Å². The van der Waals surface area contributed by atoms with Crippen molar-refractivity contribution in [1.82, 2.24) is 9.88 Å². The Labute approximate surface area is 102 Å². The van der Waals surface area contributed by atoms with Gasteiger partial charge in [0.25, 0.3) is 5.91 Å². The van der Waals surface area contributed by atoms with E-state index in [1.54, 1.807) is 12.3 Å². The zero-order valence-electron chi connectivity index (χ0n) is 10.8. The number of nitrogens with one attached hydrogen (secondary N) is 1. The first kappa shape index (κ1) is 12.0. The monoisotopic (exact) mass is 235 g/mol. The van der Waals surface area contributed by atoms with Crippen LogP contribution in [0.5, 0.6) is 0 Å². The minimum atomic E-state index is -0.116. The third-order valence-corrected chi connectivity index (χ3v) is 3.52. The van der Waals surface area contributed by atoms with Crippen LogP contribution in [0.25, 0.3) is 0 Å². The first-order valence-corrected chi connectivity index (χ1v) is 6.22. The highest BCUT2D eigenvalue weighted by atomic mass is 16.2. The molecule has 4 nitrogen and oxygen atoms in total. The minimum Gasteiger partial charge on any atom is -0.397 e. The number of nitrogen functional groups attached to an aromatic ring is 1. The summed E-state index contributed by atoms with van der Waals surface area (Å²) in [6.07, 6.45) is 4.23. The molecular formula is C13H21N3O. The summed E-state index contributed by atoms with van der Waals surface area (Å²) in [5, 5.41) is 3.11. The van der Waals surface area contributed by atoms with Gasteiger partial charge < -0.3 is 15.6 Å². The van der Waals surface area contributed by atoms with Crippen molar-refractivity contribution >= 4 is 11.6 Å². The van der Waals surface area contributed by atoms with Gasteiger partial charge in [0.2, 0.25) is 0 Å². The first-order chi connectivity index (χ1) is 7.94. The highest BCUT2D eigenvalue weighted by molar-refractivity contribution is 5.94. The third-order valence-electron chi connectivity index (χ3n) is 3.52. The highest BCUT2D eigenvalue weighted by Crippen LogP contribution is 2.39. The molecule has 4 heteroatoms. The average molecular weight is 235 g/mol. The number of nitrogens with zero attached hydrogens (tertiary/aromatic N) is 1. The summed E-state index contributed by atoms with van der Waals surface area (Å²) in [7, 11) is 0. The van der Waals surface area contributed by atoms with Gasteiger partial charge in [-0.3, -0.25) is 4.79 Å². The summed E-state index contributed by atoms with van der Waals surface area (Å²) in [6.45, 7) is 6.93. The van der Waals surface area contributed by atoms with Crippen LogP contribution in [-0.4, -0.2) is 16.0 Å². The lowest BCUT2D eigenvalue weighted by molar-refractivity contribution is 0.0894. The van der Waals surface area contributed by atoms with E-state index in [2.05, 4.69) is 19.2 Å². The number of hydrogen-bond donors (Lipinski definition) is 2. The Hall–Kier alpha value is -1.45. The van der Waals surface area contributed by atoms with Crippen LogP contribution in [0.2, 0.25) is 0 Å². The van der Waals surface area contributed by atoms with E-state index in [4.69, 9.17) is 5.73 Å². The lowest BCUT2D eigenvalue weighted by Crippen LogP contribution is -2.45. The Morgan fingerprint density at radius 2 is 2.24 bits per heavy atom. The fourth-order valence-electron chi connectivity index (χ4n) is 2.25. The number of carbonyl (C=O) groups is 1. The molecule has 0 bridgehead atoms. The van der Waals surface area contributed by atoms with E-state index in [9.17, 15) is 4.79 Å². The number of amides is 1. The Balaban J connectivity index is 2.13. The minimum absolute atomic E-state index is 0.0274. The van der Waals surface area contributed by atoms with Crippen LogP contribution in [0.15, 0.2) is 12.3 Å². The van der Waals surface area contributed by atoms with Crippen molar-refractivity contribution in [2.75, 3.05) is 5.73 Å². The summed E-state index contributed by atoms with van der Waals surface area (Å²) in [5.74, 6) is 0.592. The van der Waals surface area contributed by atoms with Crippen LogP contribution >= 0.6 is 0 Å². The van der Waals surface area contributed by atoms with Gasteiger partial charge in [0.05, 0.1) is 5.69 Å². The topological polar surface area (TPSA) is 60.0 Å². The van der Waals surface area contributed by atoms with E-state index in [0.717, 1.165) is 6.54 Å². The molecule has 1 aliphatic rings. The SMILES string of the molecule is CCn1cc(N)cc1C(=O)NC(C)(C)C1CC1. The van der Waals surface area contributed by atoms with Crippen molar-refractivity contribution in [3.8, 4) is 0 Å². The average Bonchev–Trinajstić information content (AvgIpc) is 3.02. The van der Waals surface area contributed by atoms with E-state index in [1.165, 1.54) is 12.8 Å². The zero-order valence-corrected chi connectivity index (χ0v) is 10.8. The molecule has 3 N–H and O–H groups in total. The van der Waals surface area contributed by atoms with Crippen LogP contribution in [-0.2, 0) is 6.54 Å². The van der Waals surface area contributed by atoms with Crippen molar-refractivity contribution in [2.24, 2.45) is 5.92 Å². The van der Waals surface area contributed by atoms with Gasteiger partial charge in [0, 0.05) is 18.3 Å². The molecule has 1 saturated carbocycles. The van der Waals surface area contributed by atoms with Gasteiger partial charge in [-0.2, -0.15) is 0 Å². The molecule has 0 saturated heterocycles. The second kappa shape index (κ2) is 4.09. The zero-order chi connectivity index (χ0) is 12.6. The number of hydrogen-bond acceptors (Lipinski definition) is 2. The molecule has 0 spiro atoms. The van der Waals surface area contributed by atoms with Crippen LogP contribution in [0.3, 0.4) is 0 Å². The maximum atomic E-state index is 12.2. The molecule has 0 aromatic carbocycles. The van der Waals surface area contributed by atoms with Gasteiger partial charge in [0.15, 0.2) is 0 Å². The maximum Gasteiger partial charge on any atom is 0.268 e. The van der Waals surface area contributed by atoms with Gasteiger partial charge in [-0.1, -0.05) is 0 Å².